The predicted octanol–water partition coefficient (Wildman–Crippen LogP) is 3.44. The quantitative estimate of drug-likeness (QED) is 0.538. The minimum absolute atomic E-state index is 0.837. The molecule has 1 saturated carbocycles. The molecule has 0 heterocycles. The van der Waals surface area contributed by atoms with Gasteiger partial charge in [0.2, 0.25) is 0 Å². The molecule has 0 spiro atoms. The highest BCUT2D eigenvalue weighted by atomic mass is 32.2. The topological polar surface area (TPSA) is 12.0 Å². The van der Waals surface area contributed by atoms with Gasteiger partial charge in [-0.3, -0.25) is 0 Å². The molecule has 0 radical (unpaired) electrons. The van der Waals surface area contributed by atoms with Crippen molar-refractivity contribution in [1.82, 2.24) is 5.32 Å². The second-order valence-corrected chi connectivity index (χ2v) is 5.59. The molecule has 2 heteroatoms. The first-order valence-electron chi connectivity index (χ1n) is 6.24. The summed E-state index contributed by atoms with van der Waals surface area (Å²) in [4.78, 5) is 0. The van der Waals surface area contributed by atoms with Crippen molar-refractivity contribution in [3.05, 3.63) is 0 Å². The van der Waals surface area contributed by atoms with Gasteiger partial charge in [-0.1, -0.05) is 32.6 Å². The van der Waals surface area contributed by atoms with Gasteiger partial charge in [0.05, 0.1) is 0 Å². The lowest BCUT2D eigenvalue weighted by Gasteiger charge is -2.15. The molecule has 0 unspecified atom stereocenters. The van der Waals surface area contributed by atoms with Gasteiger partial charge in [-0.2, -0.15) is 11.8 Å². The summed E-state index contributed by atoms with van der Waals surface area (Å²) in [7, 11) is 0. The fraction of sp³-hybridized carbons (Fsp3) is 1.00. The summed E-state index contributed by atoms with van der Waals surface area (Å²) in [6, 6.07) is 0.837. The van der Waals surface area contributed by atoms with E-state index in [9.17, 15) is 0 Å². The van der Waals surface area contributed by atoms with Crippen molar-refractivity contribution in [1.29, 1.82) is 0 Å². The largest absolute Gasteiger partial charge is 0.314 e. The number of hydrogen-bond acceptors (Lipinski definition) is 2. The third-order valence-electron chi connectivity index (χ3n) is 2.96. The molecule has 0 aliphatic heterocycles. The maximum Gasteiger partial charge on any atom is 0.00670 e. The van der Waals surface area contributed by atoms with E-state index in [1.165, 1.54) is 63.0 Å². The van der Waals surface area contributed by atoms with Gasteiger partial charge in [0.15, 0.2) is 0 Å². The van der Waals surface area contributed by atoms with E-state index in [2.05, 4.69) is 24.0 Å². The first-order valence-corrected chi connectivity index (χ1v) is 7.40. The number of thioether (sulfide) groups is 1. The molecule has 84 valence electrons. The van der Waals surface area contributed by atoms with Crippen molar-refractivity contribution in [2.24, 2.45) is 0 Å². The average Bonchev–Trinajstić information content (AvgIpc) is 2.46. The standard InChI is InChI=1S/C12H25NS/c1-2-14-11-7-10-13-12-8-5-3-4-6-9-12/h12-13H,2-11H2,1H3. The second kappa shape index (κ2) is 8.60. The Morgan fingerprint density at radius 3 is 2.50 bits per heavy atom. The van der Waals surface area contributed by atoms with Gasteiger partial charge in [0, 0.05) is 6.04 Å². The highest BCUT2D eigenvalue weighted by Crippen LogP contribution is 2.17. The van der Waals surface area contributed by atoms with E-state index in [-0.39, 0.29) is 0 Å². The molecule has 0 bridgehead atoms. The summed E-state index contributed by atoms with van der Waals surface area (Å²) in [5, 5.41) is 3.71. The Morgan fingerprint density at radius 1 is 1.14 bits per heavy atom. The summed E-state index contributed by atoms with van der Waals surface area (Å²) in [5.41, 5.74) is 0. The van der Waals surface area contributed by atoms with Crippen molar-refractivity contribution in [2.75, 3.05) is 18.1 Å². The van der Waals surface area contributed by atoms with Gasteiger partial charge in [0.1, 0.15) is 0 Å². The van der Waals surface area contributed by atoms with Crippen LogP contribution in [0.4, 0.5) is 0 Å². The Balaban J connectivity index is 1.93. The molecule has 0 saturated heterocycles. The lowest BCUT2D eigenvalue weighted by Crippen LogP contribution is -2.29. The SMILES string of the molecule is CCSCCCNC1CCCCCC1. The van der Waals surface area contributed by atoms with Crippen LogP contribution in [0, 0.1) is 0 Å². The van der Waals surface area contributed by atoms with Crippen molar-refractivity contribution >= 4 is 11.8 Å². The van der Waals surface area contributed by atoms with Gasteiger partial charge in [-0.15, -0.1) is 0 Å². The van der Waals surface area contributed by atoms with Crippen molar-refractivity contribution in [3.63, 3.8) is 0 Å². The Labute approximate surface area is 93.4 Å². The third-order valence-corrected chi connectivity index (χ3v) is 3.94. The zero-order chi connectivity index (χ0) is 10.1. The first kappa shape index (κ1) is 12.4. The molecule has 1 fully saturated rings. The molecule has 0 aromatic rings. The van der Waals surface area contributed by atoms with E-state index < -0.39 is 0 Å². The van der Waals surface area contributed by atoms with Crippen molar-refractivity contribution in [2.45, 2.75) is 57.9 Å². The van der Waals surface area contributed by atoms with Gasteiger partial charge in [0.25, 0.3) is 0 Å². The monoisotopic (exact) mass is 215 g/mol. The first-order chi connectivity index (χ1) is 6.93. The molecule has 0 amide bonds. The second-order valence-electron chi connectivity index (χ2n) is 4.19. The summed E-state index contributed by atoms with van der Waals surface area (Å²) in [6.45, 7) is 3.47. The Hall–Kier alpha value is 0.310. The molecular weight excluding hydrogens is 190 g/mol. The molecule has 14 heavy (non-hydrogen) atoms. The van der Waals surface area contributed by atoms with Crippen LogP contribution in [-0.2, 0) is 0 Å². The summed E-state index contributed by atoms with van der Waals surface area (Å²) < 4.78 is 0. The highest BCUT2D eigenvalue weighted by molar-refractivity contribution is 7.99. The van der Waals surface area contributed by atoms with Crippen molar-refractivity contribution < 1.29 is 0 Å². The Bertz CT molecular complexity index is 119. The zero-order valence-corrected chi connectivity index (χ0v) is 10.4. The highest BCUT2D eigenvalue weighted by Gasteiger charge is 2.10. The number of nitrogens with one attached hydrogen (secondary N) is 1. The van der Waals surface area contributed by atoms with Gasteiger partial charge < -0.3 is 5.32 Å². The lowest BCUT2D eigenvalue weighted by molar-refractivity contribution is 0.461. The van der Waals surface area contributed by atoms with Crippen LogP contribution in [0.1, 0.15) is 51.9 Å². The van der Waals surface area contributed by atoms with Crippen LogP contribution in [0.3, 0.4) is 0 Å². The van der Waals surface area contributed by atoms with Crippen LogP contribution in [0.15, 0.2) is 0 Å². The lowest BCUT2D eigenvalue weighted by atomic mass is 10.1. The van der Waals surface area contributed by atoms with Crippen LogP contribution in [0.2, 0.25) is 0 Å². The van der Waals surface area contributed by atoms with E-state index in [0.717, 1.165) is 6.04 Å². The fourth-order valence-electron chi connectivity index (χ4n) is 2.11. The molecule has 1 aliphatic rings. The molecule has 1 rings (SSSR count). The molecule has 0 aromatic carbocycles. The van der Waals surface area contributed by atoms with Crippen molar-refractivity contribution in [3.8, 4) is 0 Å². The van der Waals surface area contributed by atoms with Gasteiger partial charge >= 0.3 is 0 Å². The van der Waals surface area contributed by atoms with E-state index in [4.69, 9.17) is 0 Å². The van der Waals surface area contributed by atoms with Gasteiger partial charge in [-0.25, -0.2) is 0 Å². The van der Waals surface area contributed by atoms with E-state index >= 15 is 0 Å². The minimum Gasteiger partial charge on any atom is -0.314 e. The zero-order valence-electron chi connectivity index (χ0n) is 9.56. The summed E-state index contributed by atoms with van der Waals surface area (Å²) in [6.07, 6.45) is 9.99. The van der Waals surface area contributed by atoms with E-state index in [0.29, 0.717) is 0 Å². The van der Waals surface area contributed by atoms with Crippen LogP contribution < -0.4 is 5.32 Å². The molecule has 0 aromatic heterocycles. The Morgan fingerprint density at radius 2 is 1.86 bits per heavy atom. The summed E-state index contributed by atoms with van der Waals surface area (Å²) in [5.74, 6) is 2.60. The molecule has 1 nitrogen and oxygen atoms in total. The van der Waals surface area contributed by atoms with Gasteiger partial charge in [-0.05, 0) is 37.3 Å². The third kappa shape index (κ3) is 5.92. The maximum atomic E-state index is 3.71. The maximum absolute atomic E-state index is 3.71. The fourth-order valence-corrected chi connectivity index (χ4v) is 2.75. The minimum atomic E-state index is 0.837. The smallest absolute Gasteiger partial charge is 0.00670 e. The molecule has 1 aliphatic carbocycles. The molecule has 1 N–H and O–H groups in total. The summed E-state index contributed by atoms with van der Waals surface area (Å²) >= 11 is 2.06. The van der Waals surface area contributed by atoms with Crippen LogP contribution >= 0.6 is 11.8 Å². The normalized spacial score (nSPS) is 19.5. The van der Waals surface area contributed by atoms with Crippen LogP contribution in [0.25, 0.3) is 0 Å². The van der Waals surface area contributed by atoms with E-state index in [1.54, 1.807) is 0 Å². The number of hydrogen-bond donors (Lipinski definition) is 1. The Kier molecular flexibility index (Phi) is 7.61. The average molecular weight is 215 g/mol. The molecular formula is C12H25NS. The predicted molar refractivity (Wildman–Crippen MR) is 67.1 cm³/mol. The van der Waals surface area contributed by atoms with Crippen LogP contribution in [-0.4, -0.2) is 24.1 Å². The molecule has 0 atom stereocenters. The van der Waals surface area contributed by atoms with E-state index in [1.807, 2.05) is 0 Å². The number of rotatable bonds is 6. The van der Waals surface area contributed by atoms with Crippen LogP contribution in [0.5, 0.6) is 0 Å².